The van der Waals surface area contributed by atoms with Gasteiger partial charge in [-0.3, -0.25) is 9.59 Å². The third-order valence-corrected chi connectivity index (χ3v) is 4.37. The first-order chi connectivity index (χ1) is 11.9. The van der Waals surface area contributed by atoms with E-state index in [0.29, 0.717) is 12.0 Å². The Balaban J connectivity index is 1.73. The van der Waals surface area contributed by atoms with Crippen molar-refractivity contribution in [2.75, 3.05) is 5.32 Å². The second kappa shape index (κ2) is 6.93. The van der Waals surface area contributed by atoms with Gasteiger partial charge in [0.15, 0.2) is 0 Å². The number of amides is 1. The lowest BCUT2D eigenvalue weighted by molar-refractivity contribution is -0.116. The Morgan fingerprint density at radius 1 is 1.00 bits per heavy atom. The Bertz CT molecular complexity index is 1000. The van der Waals surface area contributed by atoms with E-state index in [9.17, 15) is 9.59 Å². The number of carbonyl (C=O) groups is 1. The number of aromatic nitrogens is 1. The molecule has 25 heavy (non-hydrogen) atoms. The molecule has 2 N–H and O–H groups in total. The normalized spacial score (nSPS) is 10.8. The highest BCUT2D eigenvalue weighted by molar-refractivity contribution is 5.91. The van der Waals surface area contributed by atoms with E-state index in [4.69, 9.17) is 0 Å². The molecule has 0 unspecified atom stereocenters. The zero-order valence-electron chi connectivity index (χ0n) is 14.8. The number of aromatic amines is 1. The van der Waals surface area contributed by atoms with Crippen molar-refractivity contribution in [2.45, 2.75) is 33.6 Å². The van der Waals surface area contributed by atoms with Crippen LogP contribution in [0.25, 0.3) is 10.9 Å². The topological polar surface area (TPSA) is 62.0 Å². The molecule has 4 heteroatoms. The van der Waals surface area contributed by atoms with Gasteiger partial charge in [0.1, 0.15) is 0 Å². The predicted molar refractivity (Wildman–Crippen MR) is 102 cm³/mol. The van der Waals surface area contributed by atoms with E-state index in [-0.39, 0.29) is 17.9 Å². The smallest absolute Gasteiger partial charge is 0.251 e. The van der Waals surface area contributed by atoms with Crippen LogP contribution in [0.5, 0.6) is 0 Å². The Hall–Kier alpha value is -2.88. The average Bonchev–Trinajstić information content (AvgIpc) is 2.56. The fourth-order valence-corrected chi connectivity index (χ4v) is 2.89. The molecule has 0 saturated carbocycles. The quantitative estimate of drug-likeness (QED) is 0.757. The minimum atomic E-state index is -0.129. The van der Waals surface area contributed by atoms with E-state index in [1.54, 1.807) is 0 Å². The Kier molecular flexibility index (Phi) is 4.70. The largest absolute Gasteiger partial charge is 0.326 e. The van der Waals surface area contributed by atoms with Crippen molar-refractivity contribution in [1.82, 2.24) is 4.98 Å². The summed E-state index contributed by atoms with van der Waals surface area (Å²) in [5.41, 5.74) is 5.41. The van der Waals surface area contributed by atoms with Gasteiger partial charge in [0.2, 0.25) is 5.91 Å². The maximum absolute atomic E-state index is 12.3. The van der Waals surface area contributed by atoms with Crippen molar-refractivity contribution in [2.24, 2.45) is 0 Å². The third kappa shape index (κ3) is 3.97. The predicted octanol–water partition coefficient (Wildman–Crippen LogP) is 4.02. The van der Waals surface area contributed by atoms with Crippen molar-refractivity contribution in [3.05, 3.63) is 75.1 Å². The monoisotopic (exact) mass is 334 g/mol. The SMILES string of the molecule is Cc1ccc(C)c(NC(=O)CCc2cc3cc(C)ccc3[nH]c2=O)c1. The molecular formula is C21H22N2O2. The first kappa shape index (κ1) is 17.0. The molecule has 1 aromatic heterocycles. The molecule has 3 rings (SSSR count). The molecule has 1 amide bonds. The molecule has 1 heterocycles. The van der Waals surface area contributed by atoms with Crippen LogP contribution in [0.15, 0.2) is 47.3 Å². The second-order valence-corrected chi connectivity index (χ2v) is 6.58. The number of pyridine rings is 1. The van der Waals surface area contributed by atoms with Crippen molar-refractivity contribution < 1.29 is 4.79 Å². The molecule has 0 bridgehead atoms. The number of benzene rings is 2. The van der Waals surface area contributed by atoms with Gasteiger partial charge in [-0.25, -0.2) is 0 Å². The first-order valence-electron chi connectivity index (χ1n) is 8.42. The van der Waals surface area contributed by atoms with Crippen LogP contribution >= 0.6 is 0 Å². The van der Waals surface area contributed by atoms with E-state index in [0.717, 1.165) is 33.3 Å². The molecule has 0 aliphatic heterocycles. The lowest BCUT2D eigenvalue weighted by atomic mass is 10.1. The summed E-state index contributed by atoms with van der Waals surface area (Å²) >= 11 is 0. The minimum Gasteiger partial charge on any atom is -0.326 e. The van der Waals surface area contributed by atoms with Crippen LogP contribution in [0.4, 0.5) is 5.69 Å². The number of carbonyl (C=O) groups excluding carboxylic acids is 1. The number of aryl methyl sites for hydroxylation is 4. The summed E-state index contributed by atoms with van der Waals surface area (Å²) in [4.78, 5) is 27.3. The van der Waals surface area contributed by atoms with Crippen LogP contribution in [0, 0.1) is 20.8 Å². The molecule has 0 spiro atoms. The van der Waals surface area contributed by atoms with Gasteiger partial charge in [-0.2, -0.15) is 0 Å². The molecule has 0 fully saturated rings. The van der Waals surface area contributed by atoms with Gasteiger partial charge in [0.05, 0.1) is 0 Å². The highest BCUT2D eigenvalue weighted by Crippen LogP contribution is 2.17. The molecular weight excluding hydrogens is 312 g/mol. The molecule has 0 saturated heterocycles. The molecule has 0 radical (unpaired) electrons. The van der Waals surface area contributed by atoms with Crippen molar-refractivity contribution in [3.63, 3.8) is 0 Å². The summed E-state index contributed by atoms with van der Waals surface area (Å²) in [7, 11) is 0. The molecule has 0 aliphatic rings. The lowest BCUT2D eigenvalue weighted by Crippen LogP contribution is -2.17. The number of H-pyrrole nitrogens is 1. The summed E-state index contributed by atoms with van der Waals surface area (Å²) in [6, 6.07) is 13.7. The first-order valence-corrected chi connectivity index (χ1v) is 8.42. The summed E-state index contributed by atoms with van der Waals surface area (Å²) in [6.45, 7) is 5.97. The number of anilines is 1. The van der Waals surface area contributed by atoms with Crippen molar-refractivity contribution in [1.29, 1.82) is 0 Å². The number of rotatable bonds is 4. The van der Waals surface area contributed by atoms with Crippen LogP contribution in [0.2, 0.25) is 0 Å². The van der Waals surface area contributed by atoms with Crippen LogP contribution in [-0.2, 0) is 11.2 Å². The van der Waals surface area contributed by atoms with Crippen molar-refractivity contribution in [3.8, 4) is 0 Å². The van der Waals surface area contributed by atoms with Gasteiger partial charge in [-0.1, -0.05) is 23.8 Å². The molecule has 2 aromatic carbocycles. The zero-order valence-corrected chi connectivity index (χ0v) is 14.8. The Labute approximate surface area is 146 Å². The van der Waals surface area contributed by atoms with Crippen molar-refractivity contribution >= 4 is 22.5 Å². The average molecular weight is 334 g/mol. The summed E-state index contributed by atoms with van der Waals surface area (Å²) in [5.74, 6) is -0.0857. The third-order valence-electron chi connectivity index (χ3n) is 4.37. The lowest BCUT2D eigenvalue weighted by Gasteiger charge is -2.09. The fourth-order valence-electron chi connectivity index (χ4n) is 2.89. The van der Waals surface area contributed by atoms with Gasteiger partial charge in [-0.15, -0.1) is 0 Å². The molecule has 0 atom stereocenters. The number of hydrogen-bond donors (Lipinski definition) is 2. The highest BCUT2D eigenvalue weighted by Gasteiger charge is 2.09. The van der Waals surface area contributed by atoms with Crippen LogP contribution in [0.1, 0.15) is 28.7 Å². The molecule has 4 nitrogen and oxygen atoms in total. The van der Waals surface area contributed by atoms with Gasteiger partial charge in [-0.05, 0) is 68.0 Å². The number of fused-ring (bicyclic) bond motifs is 1. The number of nitrogens with one attached hydrogen (secondary N) is 2. The van der Waals surface area contributed by atoms with E-state index in [1.165, 1.54) is 0 Å². The second-order valence-electron chi connectivity index (χ2n) is 6.58. The Morgan fingerprint density at radius 2 is 1.72 bits per heavy atom. The molecule has 3 aromatic rings. The van der Waals surface area contributed by atoms with Gasteiger partial charge in [0.25, 0.3) is 5.56 Å². The summed E-state index contributed by atoms with van der Waals surface area (Å²) in [6.07, 6.45) is 0.684. The summed E-state index contributed by atoms with van der Waals surface area (Å²) in [5, 5.41) is 3.93. The fraction of sp³-hybridized carbons (Fsp3) is 0.238. The minimum absolute atomic E-state index is 0.0857. The number of hydrogen-bond acceptors (Lipinski definition) is 2. The van der Waals surface area contributed by atoms with Crippen LogP contribution < -0.4 is 10.9 Å². The highest BCUT2D eigenvalue weighted by atomic mass is 16.1. The van der Waals surface area contributed by atoms with Crippen LogP contribution in [0.3, 0.4) is 0 Å². The van der Waals surface area contributed by atoms with E-state index in [2.05, 4.69) is 10.3 Å². The molecule has 128 valence electrons. The standard InChI is InChI=1S/C21H22N2O2/c1-13-5-8-18-17(10-13)12-16(21(25)23-18)7-9-20(24)22-19-11-14(2)4-6-15(19)3/h4-6,8,10-12H,7,9H2,1-3H3,(H,22,24)(H,23,25). The van der Waals surface area contributed by atoms with Gasteiger partial charge < -0.3 is 10.3 Å². The molecule has 0 aliphatic carbocycles. The van der Waals surface area contributed by atoms with E-state index >= 15 is 0 Å². The Morgan fingerprint density at radius 3 is 2.52 bits per heavy atom. The zero-order chi connectivity index (χ0) is 18.0. The van der Waals surface area contributed by atoms with Gasteiger partial charge in [0, 0.05) is 23.2 Å². The maximum Gasteiger partial charge on any atom is 0.251 e. The van der Waals surface area contributed by atoms with E-state index < -0.39 is 0 Å². The van der Waals surface area contributed by atoms with Crippen LogP contribution in [-0.4, -0.2) is 10.9 Å². The van der Waals surface area contributed by atoms with E-state index in [1.807, 2.05) is 63.2 Å². The van der Waals surface area contributed by atoms with Gasteiger partial charge >= 0.3 is 0 Å². The summed E-state index contributed by atoms with van der Waals surface area (Å²) < 4.78 is 0. The maximum atomic E-state index is 12.3.